The van der Waals surface area contributed by atoms with Crippen molar-refractivity contribution >= 4 is 23.2 Å². The minimum Gasteiger partial charge on any atom is -0.343 e. The fourth-order valence-electron chi connectivity index (χ4n) is 2.42. The minimum absolute atomic E-state index is 0.0333. The molecule has 6 heteroatoms. The summed E-state index contributed by atoms with van der Waals surface area (Å²) in [6.45, 7) is 2.47. The molecule has 1 aromatic carbocycles. The van der Waals surface area contributed by atoms with Crippen LogP contribution >= 0.6 is 11.6 Å². The molecule has 2 heterocycles. The first-order chi connectivity index (χ1) is 9.16. The van der Waals surface area contributed by atoms with Gasteiger partial charge in [-0.25, -0.2) is 0 Å². The lowest BCUT2D eigenvalue weighted by atomic mass is 10.1. The number of anilines is 1. The zero-order valence-electron chi connectivity index (χ0n) is 10.3. The number of rotatable bonds is 2. The number of carbonyl (C=O) groups excluding carboxylic acids is 1. The van der Waals surface area contributed by atoms with Gasteiger partial charge in [-0.1, -0.05) is 28.9 Å². The molecule has 2 aromatic rings. The monoisotopic (exact) mass is 277 g/mol. The lowest BCUT2D eigenvalue weighted by Crippen LogP contribution is -2.25. The van der Waals surface area contributed by atoms with E-state index in [1.807, 2.05) is 19.1 Å². The van der Waals surface area contributed by atoms with Gasteiger partial charge in [-0.15, -0.1) is 0 Å². The Kier molecular flexibility index (Phi) is 2.98. The minimum atomic E-state index is -0.0399. The van der Waals surface area contributed by atoms with Crippen molar-refractivity contribution in [1.82, 2.24) is 10.1 Å². The first-order valence-electron chi connectivity index (χ1n) is 5.98. The second-order valence-corrected chi connectivity index (χ2v) is 5.01. The average molecular weight is 278 g/mol. The van der Waals surface area contributed by atoms with Gasteiger partial charge in [-0.05, 0) is 18.6 Å². The highest BCUT2D eigenvalue weighted by atomic mass is 35.5. The quantitative estimate of drug-likeness (QED) is 0.846. The van der Waals surface area contributed by atoms with Gasteiger partial charge in [0.25, 0.3) is 0 Å². The molecule has 1 unspecified atom stereocenters. The Morgan fingerprint density at radius 1 is 1.47 bits per heavy atom. The summed E-state index contributed by atoms with van der Waals surface area (Å²) in [5, 5.41) is 4.39. The summed E-state index contributed by atoms with van der Waals surface area (Å²) in [7, 11) is 0. The molecule has 1 aliphatic heterocycles. The van der Waals surface area contributed by atoms with E-state index >= 15 is 0 Å². The number of amides is 1. The third-order valence-electron chi connectivity index (χ3n) is 3.33. The van der Waals surface area contributed by atoms with Crippen LogP contribution < -0.4 is 4.90 Å². The average Bonchev–Trinajstić information content (AvgIpc) is 2.99. The predicted molar refractivity (Wildman–Crippen MR) is 70.2 cm³/mol. The molecule has 1 amide bonds. The topological polar surface area (TPSA) is 59.2 Å². The van der Waals surface area contributed by atoms with Crippen LogP contribution in [0.3, 0.4) is 0 Å². The Hall–Kier alpha value is -1.88. The van der Waals surface area contributed by atoms with E-state index in [9.17, 15) is 4.79 Å². The highest BCUT2D eigenvalue weighted by Crippen LogP contribution is 2.36. The lowest BCUT2D eigenvalue weighted by molar-refractivity contribution is -0.117. The number of halogens is 1. The van der Waals surface area contributed by atoms with Gasteiger partial charge in [0.2, 0.25) is 12.3 Å². The second kappa shape index (κ2) is 4.66. The SMILES string of the molecule is Cc1cccc(Cl)c1N1CC(c2ncon2)CC1=O. The van der Waals surface area contributed by atoms with Gasteiger partial charge in [0.15, 0.2) is 5.82 Å². The lowest BCUT2D eigenvalue weighted by Gasteiger charge is -2.20. The Morgan fingerprint density at radius 3 is 3.00 bits per heavy atom. The number of aryl methyl sites for hydroxylation is 1. The highest BCUT2D eigenvalue weighted by molar-refractivity contribution is 6.34. The molecule has 1 aromatic heterocycles. The Labute approximate surface area is 115 Å². The maximum absolute atomic E-state index is 12.2. The summed E-state index contributed by atoms with van der Waals surface area (Å²) in [4.78, 5) is 17.9. The number of hydrogen-bond donors (Lipinski definition) is 0. The molecule has 1 atom stereocenters. The molecule has 0 radical (unpaired) electrons. The van der Waals surface area contributed by atoms with Crippen LogP contribution in [0.5, 0.6) is 0 Å². The highest BCUT2D eigenvalue weighted by Gasteiger charge is 2.35. The smallest absolute Gasteiger partial charge is 0.227 e. The van der Waals surface area contributed by atoms with Gasteiger partial charge in [-0.2, -0.15) is 4.98 Å². The standard InChI is InChI=1S/C13H12ClN3O2/c1-8-3-2-4-10(14)12(8)17-6-9(5-11(17)18)13-15-7-19-16-13/h2-4,7,9H,5-6H2,1H3. The molecule has 1 saturated heterocycles. The summed E-state index contributed by atoms with van der Waals surface area (Å²) >= 11 is 6.20. The van der Waals surface area contributed by atoms with E-state index in [1.165, 1.54) is 6.39 Å². The Morgan fingerprint density at radius 2 is 2.32 bits per heavy atom. The molecule has 1 fully saturated rings. The van der Waals surface area contributed by atoms with Crippen LogP contribution in [-0.2, 0) is 4.79 Å². The van der Waals surface area contributed by atoms with Gasteiger partial charge < -0.3 is 9.42 Å². The van der Waals surface area contributed by atoms with Crippen molar-refractivity contribution in [3.63, 3.8) is 0 Å². The van der Waals surface area contributed by atoms with E-state index in [4.69, 9.17) is 16.1 Å². The van der Waals surface area contributed by atoms with Crippen molar-refractivity contribution in [3.8, 4) is 0 Å². The zero-order chi connectivity index (χ0) is 13.4. The molecule has 0 aliphatic carbocycles. The van der Waals surface area contributed by atoms with Gasteiger partial charge >= 0.3 is 0 Å². The third-order valence-corrected chi connectivity index (χ3v) is 3.63. The van der Waals surface area contributed by atoms with Crippen LogP contribution in [0.1, 0.15) is 23.7 Å². The van der Waals surface area contributed by atoms with E-state index < -0.39 is 0 Å². The van der Waals surface area contributed by atoms with Crippen molar-refractivity contribution in [1.29, 1.82) is 0 Å². The van der Waals surface area contributed by atoms with Crippen LogP contribution in [-0.4, -0.2) is 22.6 Å². The van der Waals surface area contributed by atoms with E-state index in [0.717, 1.165) is 11.3 Å². The number of carbonyl (C=O) groups is 1. The number of aromatic nitrogens is 2. The maximum Gasteiger partial charge on any atom is 0.227 e. The van der Waals surface area contributed by atoms with E-state index in [2.05, 4.69) is 10.1 Å². The summed E-state index contributed by atoms with van der Waals surface area (Å²) in [5.41, 5.74) is 1.76. The summed E-state index contributed by atoms with van der Waals surface area (Å²) in [6.07, 6.45) is 1.66. The van der Waals surface area contributed by atoms with Crippen LogP contribution in [0.2, 0.25) is 5.02 Å². The van der Waals surface area contributed by atoms with E-state index in [1.54, 1.807) is 11.0 Å². The zero-order valence-corrected chi connectivity index (χ0v) is 11.1. The molecule has 0 bridgehead atoms. The van der Waals surface area contributed by atoms with Crippen molar-refractivity contribution in [3.05, 3.63) is 41.0 Å². The fraction of sp³-hybridized carbons (Fsp3) is 0.308. The molecule has 0 N–H and O–H groups in total. The van der Waals surface area contributed by atoms with Crippen LogP contribution in [0, 0.1) is 6.92 Å². The Bertz CT molecular complexity index is 592. The van der Waals surface area contributed by atoms with Crippen LogP contribution in [0.25, 0.3) is 0 Å². The predicted octanol–water partition coefficient (Wildman–Crippen LogP) is 2.55. The first-order valence-corrected chi connectivity index (χ1v) is 6.36. The summed E-state index contributed by atoms with van der Waals surface area (Å²) in [6, 6.07) is 5.60. The van der Waals surface area contributed by atoms with Crippen molar-refractivity contribution in [2.75, 3.05) is 11.4 Å². The van der Waals surface area contributed by atoms with Crippen LogP contribution in [0.4, 0.5) is 5.69 Å². The van der Waals surface area contributed by atoms with Gasteiger partial charge in [0, 0.05) is 18.9 Å². The number of hydrogen-bond acceptors (Lipinski definition) is 4. The van der Waals surface area contributed by atoms with E-state index in [-0.39, 0.29) is 11.8 Å². The molecular weight excluding hydrogens is 266 g/mol. The Balaban J connectivity index is 1.93. The molecule has 0 saturated carbocycles. The van der Waals surface area contributed by atoms with Gasteiger partial charge in [0.05, 0.1) is 10.7 Å². The molecule has 5 nitrogen and oxygen atoms in total. The van der Waals surface area contributed by atoms with Gasteiger partial charge in [-0.3, -0.25) is 4.79 Å². The first kappa shape index (κ1) is 12.2. The third kappa shape index (κ3) is 2.10. The van der Waals surface area contributed by atoms with Gasteiger partial charge in [0.1, 0.15) is 0 Å². The second-order valence-electron chi connectivity index (χ2n) is 4.60. The fourth-order valence-corrected chi connectivity index (χ4v) is 2.74. The molecular formula is C13H12ClN3O2. The normalized spacial score (nSPS) is 19.2. The number of para-hydroxylation sites is 1. The van der Waals surface area contributed by atoms with Crippen molar-refractivity contribution in [2.45, 2.75) is 19.3 Å². The number of nitrogens with zero attached hydrogens (tertiary/aromatic N) is 3. The molecule has 3 rings (SSSR count). The summed E-state index contributed by atoms with van der Waals surface area (Å²) in [5.74, 6) is 0.563. The maximum atomic E-state index is 12.2. The molecule has 1 aliphatic rings. The van der Waals surface area contributed by atoms with Crippen molar-refractivity contribution < 1.29 is 9.32 Å². The van der Waals surface area contributed by atoms with E-state index in [0.29, 0.717) is 23.8 Å². The summed E-state index contributed by atoms with van der Waals surface area (Å²) < 4.78 is 4.73. The molecule has 0 spiro atoms. The number of benzene rings is 1. The molecule has 19 heavy (non-hydrogen) atoms. The largest absolute Gasteiger partial charge is 0.343 e. The van der Waals surface area contributed by atoms with Crippen LogP contribution in [0.15, 0.2) is 29.1 Å². The molecule has 98 valence electrons. The van der Waals surface area contributed by atoms with Crippen molar-refractivity contribution in [2.24, 2.45) is 0 Å².